The van der Waals surface area contributed by atoms with Gasteiger partial charge in [0.2, 0.25) is 0 Å². The van der Waals surface area contributed by atoms with Crippen molar-refractivity contribution in [3.8, 4) is 0 Å². The van der Waals surface area contributed by atoms with Gasteiger partial charge in [-0.15, -0.1) is 0 Å². The van der Waals surface area contributed by atoms with Gasteiger partial charge in [0.15, 0.2) is 0 Å². The summed E-state index contributed by atoms with van der Waals surface area (Å²) >= 11 is 3.54. The van der Waals surface area contributed by atoms with E-state index in [4.69, 9.17) is 0 Å². The van der Waals surface area contributed by atoms with Crippen molar-refractivity contribution < 1.29 is 14.3 Å². The van der Waals surface area contributed by atoms with Crippen molar-refractivity contribution in [2.45, 2.75) is 30.6 Å². The minimum atomic E-state index is -0.600. The number of nitrogens with one attached hydrogen (secondary N) is 1. The number of halogens is 1. The highest BCUT2D eigenvalue weighted by molar-refractivity contribution is 9.09. The molecule has 14 heavy (non-hydrogen) atoms. The molecule has 1 saturated carbocycles. The molecule has 1 aliphatic heterocycles. The topological polar surface area (TPSA) is 55.4 Å². The fourth-order valence-electron chi connectivity index (χ4n) is 2.25. The lowest BCUT2D eigenvalue weighted by atomic mass is 9.76. The average molecular weight is 262 g/mol. The normalized spacial score (nSPS) is 42.4. The average Bonchev–Trinajstić information content (AvgIpc) is 2.10. The van der Waals surface area contributed by atoms with E-state index in [1.807, 2.05) is 6.92 Å². The summed E-state index contributed by atoms with van der Waals surface area (Å²) in [4.78, 5) is 22.8. The number of amides is 1. The van der Waals surface area contributed by atoms with E-state index in [2.05, 4.69) is 26.0 Å². The summed E-state index contributed by atoms with van der Waals surface area (Å²) in [7, 11) is 0. The Bertz CT molecular complexity index is 281. The lowest BCUT2D eigenvalue weighted by Gasteiger charge is -2.40. The first kappa shape index (κ1) is 9.96. The second-order valence-electron chi connectivity index (χ2n) is 3.94. The smallest absolute Gasteiger partial charge is 0.376 e. The molecule has 4 atom stereocenters. The third kappa shape index (κ3) is 1.54. The van der Waals surface area contributed by atoms with Crippen LogP contribution in [-0.2, 0) is 9.53 Å². The molecule has 2 fully saturated rings. The maximum absolute atomic E-state index is 11.5. The maximum atomic E-state index is 11.5. The molecule has 0 aromatic heterocycles. The van der Waals surface area contributed by atoms with Crippen molar-refractivity contribution in [2.24, 2.45) is 11.8 Å². The Morgan fingerprint density at radius 3 is 2.86 bits per heavy atom. The van der Waals surface area contributed by atoms with Crippen LogP contribution in [0.4, 0.5) is 4.79 Å². The number of carbonyl (C=O) groups is 2. The van der Waals surface area contributed by atoms with Gasteiger partial charge in [-0.2, -0.15) is 0 Å². The predicted molar refractivity (Wildman–Crippen MR) is 53.0 cm³/mol. The van der Waals surface area contributed by atoms with Gasteiger partial charge in [0, 0.05) is 10.9 Å². The molecule has 4 unspecified atom stereocenters. The predicted octanol–water partition coefficient (Wildman–Crippen LogP) is 1.43. The molecule has 0 radical (unpaired) electrons. The Morgan fingerprint density at radius 1 is 1.43 bits per heavy atom. The first-order valence-corrected chi connectivity index (χ1v) is 5.67. The number of ether oxygens (including phenoxy) is 1. The van der Waals surface area contributed by atoms with E-state index in [-0.39, 0.29) is 23.8 Å². The molecule has 4 nitrogen and oxygen atoms in total. The van der Waals surface area contributed by atoms with Crippen molar-refractivity contribution in [3.05, 3.63) is 0 Å². The monoisotopic (exact) mass is 261 g/mol. The Balaban J connectivity index is 2.19. The summed E-state index contributed by atoms with van der Waals surface area (Å²) in [6, 6.07) is -0.0347. The summed E-state index contributed by atoms with van der Waals surface area (Å²) in [5.74, 6) is -0.358. The van der Waals surface area contributed by atoms with Crippen LogP contribution in [0.2, 0.25) is 0 Å². The number of hydrogen-bond donors (Lipinski definition) is 1. The van der Waals surface area contributed by atoms with Crippen molar-refractivity contribution in [1.29, 1.82) is 0 Å². The summed E-state index contributed by atoms with van der Waals surface area (Å²) in [5, 5.41) is 2.70. The molecule has 0 bridgehead atoms. The van der Waals surface area contributed by atoms with Crippen LogP contribution in [0.15, 0.2) is 0 Å². The van der Waals surface area contributed by atoms with Crippen LogP contribution in [0.3, 0.4) is 0 Å². The van der Waals surface area contributed by atoms with Crippen molar-refractivity contribution in [3.63, 3.8) is 0 Å². The number of alkyl halides is 1. The van der Waals surface area contributed by atoms with Crippen molar-refractivity contribution >= 4 is 28.0 Å². The Labute approximate surface area is 90.5 Å². The van der Waals surface area contributed by atoms with Crippen molar-refractivity contribution in [1.82, 2.24) is 5.32 Å². The van der Waals surface area contributed by atoms with E-state index in [9.17, 15) is 9.59 Å². The number of hydrogen-bond acceptors (Lipinski definition) is 3. The van der Waals surface area contributed by atoms with Gasteiger partial charge < -0.3 is 10.1 Å². The quantitative estimate of drug-likeness (QED) is 0.408. The molecular weight excluding hydrogens is 250 g/mol. The van der Waals surface area contributed by atoms with Gasteiger partial charge in [0.05, 0.1) is 5.92 Å². The zero-order valence-corrected chi connectivity index (χ0v) is 9.41. The summed E-state index contributed by atoms with van der Waals surface area (Å²) < 4.78 is 4.56. The first-order chi connectivity index (χ1) is 6.59. The minimum absolute atomic E-state index is 0.0347. The van der Waals surface area contributed by atoms with Crippen LogP contribution < -0.4 is 5.32 Å². The number of alkyl carbamates (subject to hydrolysis) is 1. The molecule has 2 rings (SSSR count). The number of rotatable bonds is 0. The Kier molecular flexibility index (Phi) is 2.51. The molecule has 1 heterocycles. The van der Waals surface area contributed by atoms with Crippen LogP contribution in [0.1, 0.15) is 19.8 Å². The van der Waals surface area contributed by atoms with E-state index in [1.165, 1.54) is 0 Å². The van der Waals surface area contributed by atoms with E-state index in [0.29, 0.717) is 4.83 Å². The van der Waals surface area contributed by atoms with Crippen LogP contribution >= 0.6 is 15.9 Å². The molecular formula is C9H12BrNO3. The van der Waals surface area contributed by atoms with Crippen molar-refractivity contribution in [2.75, 3.05) is 0 Å². The Morgan fingerprint density at radius 2 is 2.14 bits per heavy atom. The van der Waals surface area contributed by atoms with E-state index >= 15 is 0 Å². The van der Waals surface area contributed by atoms with Gasteiger partial charge in [-0.05, 0) is 18.8 Å². The van der Waals surface area contributed by atoms with Gasteiger partial charge in [0.25, 0.3) is 0 Å². The van der Waals surface area contributed by atoms with Crippen LogP contribution in [0.5, 0.6) is 0 Å². The lowest BCUT2D eigenvalue weighted by Crippen LogP contribution is -2.56. The first-order valence-electron chi connectivity index (χ1n) is 4.76. The van der Waals surface area contributed by atoms with E-state index < -0.39 is 6.09 Å². The summed E-state index contributed by atoms with van der Waals surface area (Å²) in [6.07, 6.45) is 1.22. The molecule has 2 aliphatic rings. The van der Waals surface area contributed by atoms with Gasteiger partial charge >= 0.3 is 12.1 Å². The zero-order chi connectivity index (χ0) is 10.3. The number of carbonyl (C=O) groups excluding carboxylic acids is 2. The third-order valence-electron chi connectivity index (χ3n) is 3.09. The van der Waals surface area contributed by atoms with Crippen LogP contribution in [0.25, 0.3) is 0 Å². The van der Waals surface area contributed by atoms with Gasteiger partial charge in [0.1, 0.15) is 0 Å². The van der Waals surface area contributed by atoms with E-state index in [1.54, 1.807) is 0 Å². The highest BCUT2D eigenvalue weighted by Gasteiger charge is 2.45. The van der Waals surface area contributed by atoms with Gasteiger partial charge in [-0.3, -0.25) is 4.79 Å². The molecule has 78 valence electrons. The molecule has 5 heteroatoms. The summed E-state index contributed by atoms with van der Waals surface area (Å²) in [6.45, 7) is 2.01. The third-order valence-corrected chi connectivity index (χ3v) is 4.38. The van der Waals surface area contributed by atoms with Gasteiger partial charge in [-0.25, -0.2) is 4.79 Å². The minimum Gasteiger partial charge on any atom is -0.376 e. The fraction of sp³-hybridized carbons (Fsp3) is 0.778. The standard InChI is InChI=1S/C9H12BrNO3/c1-4-5(10)2-3-6-7(4)8(12)14-9(13)11-6/h4-7H,2-3H2,1H3,(H,11,13). The molecule has 1 aliphatic carbocycles. The second kappa shape index (κ2) is 3.53. The van der Waals surface area contributed by atoms with E-state index in [0.717, 1.165) is 12.8 Å². The molecule has 0 spiro atoms. The highest BCUT2D eigenvalue weighted by atomic mass is 79.9. The highest BCUT2D eigenvalue weighted by Crippen LogP contribution is 2.36. The largest absolute Gasteiger partial charge is 0.415 e. The number of esters is 1. The number of cyclic esters (lactones) is 2. The molecule has 1 amide bonds. The maximum Gasteiger partial charge on any atom is 0.415 e. The van der Waals surface area contributed by atoms with Gasteiger partial charge in [-0.1, -0.05) is 22.9 Å². The Hall–Kier alpha value is -0.580. The SMILES string of the molecule is CC1C(Br)CCC2NC(=O)OC(=O)C21. The second-order valence-corrected chi connectivity index (χ2v) is 5.11. The zero-order valence-electron chi connectivity index (χ0n) is 7.83. The molecule has 1 saturated heterocycles. The van der Waals surface area contributed by atoms with Crippen LogP contribution in [-0.4, -0.2) is 22.9 Å². The lowest BCUT2D eigenvalue weighted by molar-refractivity contribution is -0.149. The molecule has 1 N–H and O–H groups in total. The molecule has 0 aromatic carbocycles. The fourth-order valence-corrected chi connectivity index (χ4v) is 2.85. The molecule has 0 aromatic rings. The summed E-state index contributed by atoms with van der Waals surface area (Å²) in [5.41, 5.74) is 0. The van der Waals surface area contributed by atoms with Crippen LogP contribution in [0, 0.1) is 11.8 Å². The number of fused-ring (bicyclic) bond motifs is 1.